The van der Waals surface area contributed by atoms with Crippen LogP contribution in [0.3, 0.4) is 0 Å². The summed E-state index contributed by atoms with van der Waals surface area (Å²) in [6, 6.07) is 5.76. The lowest BCUT2D eigenvalue weighted by molar-refractivity contribution is 0.0914. The van der Waals surface area contributed by atoms with Crippen LogP contribution in [0.15, 0.2) is 36.9 Å². The third kappa shape index (κ3) is 2.83. The highest BCUT2D eigenvalue weighted by molar-refractivity contribution is 5.57. The quantitative estimate of drug-likeness (QED) is 0.781. The zero-order valence-electron chi connectivity index (χ0n) is 13.3. The maximum Gasteiger partial charge on any atom is 0.161 e. The summed E-state index contributed by atoms with van der Waals surface area (Å²) >= 11 is 0. The molecule has 1 aliphatic heterocycles. The summed E-state index contributed by atoms with van der Waals surface area (Å²) in [5, 5.41) is 6.88. The number of aromatic amines is 1. The van der Waals surface area contributed by atoms with E-state index in [2.05, 4.69) is 30.0 Å². The Bertz CT molecular complexity index is 807. The van der Waals surface area contributed by atoms with E-state index in [0.29, 0.717) is 19.0 Å². The second-order valence-electron chi connectivity index (χ2n) is 5.58. The van der Waals surface area contributed by atoms with E-state index in [-0.39, 0.29) is 6.04 Å². The molecule has 0 aromatic carbocycles. The Hall–Kier alpha value is -2.87. The standard InChI is InChI=1S/C16H17N7O/c1-11-8-14(21-15(20-11)12-2-4-17-5-3-12)23-6-7-24-9-13(23)16-18-10-19-22-16/h2-5,8,10,13H,6-7,9H2,1H3,(H,18,19,22)/t13-/m0/s1. The van der Waals surface area contributed by atoms with Gasteiger partial charge in [0.15, 0.2) is 5.82 Å². The van der Waals surface area contributed by atoms with Gasteiger partial charge >= 0.3 is 0 Å². The molecule has 0 bridgehead atoms. The van der Waals surface area contributed by atoms with Crippen molar-refractivity contribution in [3.8, 4) is 11.4 Å². The van der Waals surface area contributed by atoms with Crippen LogP contribution in [-0.2, 0) is 4.74 Å². The van der Waals surface area contributed by atoms with Crippen LogP contribution in [0.2, 0.25) is 0 Å². The molecule has 1 N–H and O–H groups in total. The van der Waals surface area contributed by atoms with Crippen molar-refractivity contribution in [3.05, 3.63) is 48.4 Å². The molecule has 0 unspecified atom stereocenters. The molecule has 0 radical (unpaired) electrons. The number of aryl methyl sites for hydroxylation is 1. The number of nitrogens with one attached hydrogen (secondary N) is 1. The van der Waals surface area contributed by atoms with Gasteiger partial charge in [0.1, 0.15) is 24.0 Å². The molecule has 24 heavy (non-hydrogen) atoms. The molecule has 4 heterocycles. The van der Waals surface area contributed by atoms with Crippen molar-refractivity contribution >= 4 is 5.82 Å². The Balaban J connectivity index is 1.73. The zero-order chi connectivity index (χ0) is 16.4. The molecular weight excluding hydrogens is 306 g/mol. The molecule has 8 heteroatoms. The molecule has 0 aliphatic carbocycles. The average Bonchev–Trinajstić information content (AvgIpc) is 3.16. The normalized spacial score (nSPS) is 17.9. The lowest BCUT2D eigenvalue weighted by atomic mass is 10.2. The van der Waals surface area contributed by atoms with E-state index in [1.807, 2.05) is 25.1 Å². The lowest BCUT2D eigenvalue weighted by Gasteiger charge is -2.35. The van der Waals surface area contributed by atoms with Gasteiger partial charge in [-0.1, -0.05) is 0 Å². The van der Waals surface area contributed by atoms with Gasteiger partial charge in [-0.05, 0) is 19.1 Å². The van der Waals surface area contributed by atoms with Crippen LogP contribution in [0.5, 0.6) is 0 Å². The lowest BCUT2D eigenvalue weighted by Crippen LogP contribution is -2.40. The molecule has 0 saturated carbocycles. The number of hydrogen-bond donors (Lipinski definition) is 1. The summed E-state index contributed by atoms with van der Waals surface area (Å²) in [5.41, 5.74) is 1.86. The Morgan fingerprint density at radius 1 is 1.25 bits per heavy atom. The first kappa shape index (κ1) is 14.7. The molecule has 1 saturated heterocycles. The molecule has 122 valence electrons. The van der Waals surface area contributed by atoms with Crippen LogP contribution in [0.1, 0.15) is 17.6 Å². The summed E-state index contributed by atoms with van der Waals surface area (Å²) < 4.78 is 5.62. The first-order valence-corrected chi connectivity index (χ1v) is 7.77. The highest BCUT2D eigenvalue weighted by atomic mass is 16.5. The fraction of sp³-hybridized carbons (Fsp3) is 0.312. The van der Waals surface area contributed by atoms with Crippen LogP contribution in [-0.4, -0.2) is 49.9 Å². The van der Waals surface area contributed by atoms with Gasteiger partial charge in [-0.3, -0.25) is 10.1 Å². The van der Waals surface area contributed by atoms with Gasteiger partial charge in [0.2, 0.25) is 0 Å². The fourth-order valence-corrected chi connectivity index (χ4v) is 2.81. The second-order valence-corrected chi connectivity index (χ2v) is 5.58. The molecule has 1 fully saturated rings. The Morgan fingerprint density at radius 3 is 2.92 bits per heavy atom. The number of rotatable bonds is 3. The third-order valence-corrected chi connectivity index (χ3v) is 3.95. The minimum Gasteiger partial charge on any atom is -0.377 e. The zero-order valence-corrected chi connectivity index (χ0v) is 13.3. The monoisotopic (exact) mass is 323 g/mol. The maximum atomic E-state index is 5.62. The Morgan fingerprint density at radius 2 is 2.12 bits per heavy atom. The summed E-state index contributed by atoms with van der Waals surface area (Å²) in [4.78, 5) is 19.8. The average molecular weight is 323 g/mol. The molecule has 3 aromatic rings. The minimum absolute atomic E-state index is 0.0409. The van der Waals surface area contributed by atoms with Crippen molar-refractivity contribution in [1.82, 2.24) is 30.1 Å². The second kappa shape index (κ2) is 6.32. The number of H-pyrrole nitrogens is 1. The number of nitrogens with zero attached hydrogens (tertiary/aromatic N) is 6. The number of aromatic nitrogens is 6. The Kier molecular flexibility index (Phi) is 3.87. The van der Waals surface area contributed by atoms with Gasteiger partial charge in [0.25, 0.3) is 0 Å². The van der Waals surface area contributed by atoms with Crippen LogP contribution in [0.25, 0.3) is 11.4 Å². The van der Waals surface area contributed by atoms with Gasteiger partial charge in [-0.15, -0.1) is 0 Å². The van der Waals surface area contributed by atoms with Crippen molar-refractivity contribution in [1.29, 1.82) is 0 Å². The topological polar surface area (TPSA) is 92.7 Å². The van der Waals surface area contributed by atoms with Crippen molar-refractivity contribution in [2.75, 3.05) is 24.7 Å². The largest absolute Gasteiger partial charge is 0.377 e. The van der Waals surface area contributed by atoms with E-state index in [1.165, 1.54) is 6.33 Å². The van der Waals surface area contributed by atoms with E-state index in [9.17, 15) is 0 Å². The first-order valence-electron chi connectivity index (χ1n) is 7.77. The maximum absolute atomic E-state index is 5.62. The summed E-state index contributed by atoms with van der Waals surface area (Å²) in [6.07, 6.45) is 5.00. The first-order chi connectivity index (χ1) is 11.8. The molecule has 0 amide bonds. The number of pyridine rings is 1. The van der Waals surface area contributed by atoms with Crippen LogP contribution in [0.4, 0.5) is 5.82 Å². The highest BCUT2D eigenvalue weighted by Gasteiger charge is 2.28. The number of ether oxygens (including phenoxy) is 1. The molecule has 4 rings (SSSR count). The van der Waals surface area contributed by atoms with Crippen LogP contribution < -0.4 is 4.90 Å². The minimum atomic E-state index is -0.0409. The van der Waals surface area contributed by atoms with Gasteiger partial charge in [0, 0.05) is 36.3 Å². The van der Waals surface area contributed by atoms with Gasteiger partial charge < -0.3 is 9.64 Å². The van der Waals surface area contributed by atoms with E-state index >= 15 is 0 Å². The molecule has 8 nitrogen and oxygen atoms in total. The van der Waals surface area contributed by atoms with Gasteiger partial charge in [-0.25, -0.2) is 15.0 Å². The number of hydrogen-bond acceptors (Lipinski definition) is 7. The Labute approximate surface area is 139 Å². The van der Waals surface area contributed by atoms with Gasteiger partial charge in [-0.2, -0.15) is 5.10 Å². The summed E-state index contributed by atoms with van der Waals surface area (Å²) in [7, 11) is 0. The predicted molar refractivity (Wildman–Crippen MR) is 87.3 cm³/mol. The molecule has 3 aromatic heterocycles. The molecule has 1 aliphatic rings. The van der Waals surface area contributed by atoms with Crippen molar-refractivity contribution in [2.24, 2.45) is 0 Å². The van der Waals surface area contributed by atoms with E-state index in [4.69, 9.17) is 9.72 Å². The smallest absolute Gasteiger partial charge is 0.161 e. The molecule has 0 spiro atoms. The van der Waals surface area contributed by atoms with Crippen LogP contribution in [0, 0.1) is 6.92 Å². The van der Waals surface area contributed by atoms with E-state index < -0.39 is 0 Å². The van der Waals surface area contributed by atoms with Crippen molar-refractivity contribution < 1.29 is 4.74 Å². The SMILES string of the molecule is Cc1cc(N2CCOC[C@H]2c2ncn[nH]2)nc(-c2ccncc2)n1. The number of morpholine rings is 1. The molecular formula is C16H17N7O. The van der Waals surface area contributed by atoms with Crippen molar-refractivity contribution in [2.45, 2.75) is 13.0 Å². The van der Waals surface area contributed by atoms with E-state index in [1.54, 1.807) is 12.4 Å². The summed E-state index contributed by atoms with van der Waals surface area (Å²) in [6.45, 7) is 3.90. The van der Waals surface area contributed by atoms with Crippen LogP contribution >= 0.6 is 0 Å². The van der Waals surface area contributed by atoms with E-state index in [0.717, 1.165) is 29.4 Å². The number of anilines is 1. The van der Waals surface area contributed by atoms with Gasteiger partial charge in [0.05, 0.1) is 13.2 Å². The fourth-order valence-electron chi connectivity index (χ4n) is 2.81. The van der Waals surface area contributed by atoms with Crippen molar-refractivity contribution in [3.63, 3.8) is 0 Å². The predicted octanol–water partition coefficient (Wildman–Crippen LogP) is 1.54. The molecule has 1 atom stereocenters. The third-order valence-electron chi connectivity index (χ3n) is 3.95. The highest BCUT2D eigenvalue weighted by Crippen LogP contribution is 2.28. The summed E-state index contributed by atoms with van der Waals surface area (Å²) in [5.74, 6) is 2.32.